The Bertz CT molecular complexity index is 1060. The number of likely N-dealkylation sites (tertiary alicyclic amines) is 1. The van der Waals surface area contributed by atoms with E-state index in [1.165, 1.54) is 43.2 Å². The summed E-state index contributed by atoms with van der Waals surface area (Å²) in [6.07, 6.45) is 12.3. The number of unbranched alkanes of at least 4 members (excludes halogenated alkanes) is 1. The Morgan fingerprint density at radius 3 is 2.24 bits per heavy atom. The van der Waals surface area contributed by atoms with Crippen LogP contribution in [0.1, 0.15) is 99.8 Å². The minimum Gasteiger partial charge on any atom is -0.481 e. The summed E-state index contributed by atoms with van der Waals surface area (Å²) < 4.78 is 0. The Hall–Kier alpha value is -2.92. The van der Waals surface area contributed by atoms with Crippen LogP contribution in [0.5, 0.6) is 0 Å². The SMILES string of the molecule is CCCC=C(ON=C(C)c1ccc(CN2CCC(C(=O)O)CC2)cc1)c1ccc(C2CCCCC2)cc1. The molecule has 0 amide bonds. The van der Waals surface area contributed by atoms with E-state index in [-0.39, 0.29) is 5.92 Å². The zero-order chi connectivity index (χ0) is 26.0. The summed E-state index contributed by atoms with van der Waals surface area (Å²) in [5, 5.41) is 13.7. The van der Waals surface area contributed by atoms with Gasteiger partial charge in [-0.1, -0.05) is 86.3 Å². The molecule has 1 heterocycles. The first kappa shape index (κ1) is 27.1. The van der Waals surface area contributed by atoms with Crippen LogP contribution in [0.4, 0.5) is 0 Å². The van der Waals surface area contributed by atoms with Crippen molar-refractivity contribution in [1.29, 1.82) is 0 Å². The molecule has 2 fully saturated rings. The molecule has 1 aliphatic heterocycles. The van der Waals surface area contributed by atoms with Crippen molar-refractivity contribution in [2.45, 2.75) is 84.1 Å². The fraction of sp³-hybridized carbons (Fsp3) is 0.500. The summed E-state index contributed by atoms with van der Waals surface area (Å²) in [7, 11) is 0. The highest BCUT2D eigenvalue weighted by atomic mass is 16.6. The molecule has 2 aromatic carbocycles. The molecule has 5 nitrogen and oxygen atoms in total. The highest BCUT2D eigenvalue weighted by molar-refractivity contribution is 5.98. The molecule has 4 rings (SSSR count). The van der Waals surface area contributed by atoms with Crippen molar-refractivity contribution in [1.82, 2.24) is 4.90 Å². The van der Waals surface area contributed by atoms with E-state index in [2.05, 4.69) is 71.6 Å². The van der Waals surface area contributed by atoms with Gasteiger partial charge in [-0.15, -0.1) is 0 Å². The van der Waals surface area contributed by atoms with Crippen LogP contribution in [0.3, 0.4) is 0 Å². The van der Waals surface area contributed by atoms with Crippen LogP contribution in [0.25, 0.3) is 5.76 Å². The third-order valence-corrected chi connectivity index (χ3v) is 7.89. The zero-order valence-corrected chi connectivity index (χ0v) is 22.5. The highest BCUT2D eigenvalue weighted by Crippen LogP contribution is 2.33. The number of rotatable bonds is 10. The quantitative estimate of drug-likeness (QED) is 0.206. The molecule has 0 spiro atoms. The first-order chi connectivity index (χ1) is 18.0. The number of carboxylic acid groups (broad SMARTS) is 1. The highest BCUT2D eigenvalue weighted by Gasteiger charge is 2.24. The fourth-order valence-corrected chi connectivity index (χ4v) is 5.46. The third kappa shape index (κ3) is 7.78. The predicted molar refractivity (Wildman–Crippen MR) is 151 cm³/mol. The number of carbonyl (C=O) groups is 1. The van der Waals surface area contributed by atoms with E-state index < -0.39 is 5.97 Å². The number of piperidine rings is 1. The lowest BCUT2D eigenvalue weighted by molar-refractivity contribution is -0.143. The Morgan fingerprint density at radius 2 is 1.62 bits per heavy atom. The largest absolute Gasteiger partial charge is 0.481 e. The van der Waals surface area contributed by atoms with Crippen LogP contribution in [-0.2, 0) is 16.2 Å². The van der Waals surface area contributed by atoms with Gasteiger partial charge in [0.25, 0.3) is 0 Å². The molecular formula is C32H42N2O3. The van der Waals surface area contributed by atoms with E-state index in [0.717, 1.165) is 67.9 Å². The van der Waals surface area contributed by atoms with E-state index >= 15 is 0 Å². The second-order valence-corrected chi connectivity index (χ2v) is 10.7. The monoisotopic (exact) mass is 502 g/mol. The Kier molecular flexibility index (Phi) is 9.95. The molecular weight excluding hydrogens is 460 g/mol. The van der Waals surface area contributed by atoms with Crippen molar-refractivity contribution >= 4 is 17.4 Å². The zero-order valence-electron chi connectivity index (χ0n) is 22.5. The molecule has 198 valence electrons. The van der Waals surface area contributed by atoms with Gasteiger partial charge in [-0.25, -0.2) is 0 Å². The molecule has 0 atom stereocenters. The summed E-state index contributed by atoms with van der Waals surface area (Å²) in [5.74, 6) is 0.665. The van der Waals surface area contributed by atoms with Crippen molar-refractivity contribution in [2.24, 2.45) is 11.1 Å². The van der Waals surface area contributed by atoms with Gasteiger partial charge in [-0.2, -0.15) is 0 Å². The fourth-order valence-electron chi connectivity index (χ4n) is 5.46. The lowest BCUT2D eigenvalue weighted by atomic mass is 9.84. The second kappa shape index (κ2) is 13.6. The van der Waals surface area contributed by atoms with E-state index in [1.807, 2.05) is 6.92 Å². The lowest BCUT2D eigenvalue weighted by Gasteiger charge is -2.30. The van der Waals surface area contributed by atoms with Gasteiger partial charge in [0, 0.05) is 12.1 Å². The average Bonchev–Trinajstić information content (AvgIpc) is 2.94. The number of benzene rings is 2. The molecule has 0 bridgehead atoms. The number of hydrogen-bond donors (Lipinski definition) is 1. The maximum atomic E-state index is 11.2. The second-order valence-electron chi connectivity index (χ2n) is 10.7. The smallest absolute Gasteiger partial charge is 0.306 e. The van der Waals surface area contributed by atoms with Gasteiger partial charge < -0.3 is 9.94 Å². The Morgan fingerprint density at radius 1 is 0.973 bits per heavy atom. The van der Waals surface area contributed by atoms with Crippen molar-refractivity contribution in [3.8, 4) is 0 Å². The molecule has 1 saturated carbocycles. The summed E-state index contributed by atoms with van der Waals surface area (Å²) in [4.78, 5) is 19.5. The van der Waals surface area contributed by atoms with Gasteiger partial charge in [0.15, 0.2) is 5.76 Å². The molecule has 2 aliphatic rings. The molecule has 2 aromatic rings. The van der Waals surface area contributed by atoms with E-state index in [4.69, 9.17) is 4.84 Å². The summed E-state index contributed by atoms with van der Waals surface area (Å²) in [5.41, 5.74) is 5.63. The van der Waals surface area contributed by atoms with Gasteiger partial charge in [0.05, 0.1) is 11.6 Å². The van der Waals surface area contributed by atoms with Crippen LogP contribution >= 0.6 is 0 Å². The van der Waals surface area contributed by atoms with Crippen LogP contribution in [0.15, 0.2) is 59.8 Å². The van der Waals surface area contributed by atoms with Crippen LogP contribution in [0.2, 0.25) is 0 Å². The number of allylic oxidation sites excluding steroid dienone is 1. The normalized spacial score (nSPS) is 18.6. The molecule has 0 aromatic heterocycles. The number of hydrogen-bond acceptors (Lipinski definition) is 4. The van der Waals surface area contributed by atoms with Crippen molar-refractivity contribution in [2.75, 3.05) is 13.1 Å². The topological polar surface area (TPSA) is 62.1 Å². The van der Waals surface area contributed by atoms with Gasteiger partial charge in [0.1, 0.15) is 0 Å². The Balaban J connectivity index is 1.36. The first-order valence-electron chi connectivity index (χ1n) is 14.1. The van der Waals surface area contributed by atoms with E-state index in [9.17, 15) is 9.90 Å². The molecule has 1 saturated heterocycles. The minimum atomic E-state index is -0.662. The molecule has 0 unspecified atom stereocenters. The van der Waals surface area contributed by atoms with Gasteiger partial charge in [0.2, 0.25) is 0 Å². The molecule has 1 aliphatic carbocycles. The average molecular weight is 503 g/mol. The summed E-state index contributed by atoms with van der Waals surface area (Å²) in [6.45, 7) is 6.67. The van der Waals surface area contributed by atoms with E-state index in [1.54, 1.807) is 0 Å². The lowest BCUT2D eigenvalue weighted by Crippen LogP contribution is -2.35. The van der Waals surface area contributed by atoms with Crippen LogP contribution < -0.4 is 0 Å². The molecule has 1 N–H and O–H groups in total. The summed E-state index contributed by atoms with van der Waals surface area (Å²) in [6, 6.07) is 17.4. The number of carboxylic acids is 1. The molecule has 0 radical (unpaired) electrons. The van der Waals surface area contributed by atoms with Gasteiger partial charge in [-0.05, 0) is 80.8 Å². The predicted octanol–water partition coefficient (Wildman–Crippen LogP) is 7.61. The maximum absolute atomic E-state index is 11.2. The van der Waals surface area contributed by atoms with Crippen molar-refractivity contribution in [3.63, 3.8) is 0 Å². The number of aliphatic carboxylic acids is 1. The minimum absolute atomic E-state index is 0.191. The van der Waals surface area contributed by atoms with Crippen molar-refractivity contribution < 1.29 is 14.7 Å². The number of nitrogens with zero attached hydrogens (tertiary/aromatic N) is 2. The standard InChI is InChI=1S/C32H42N2O3/c1-3-4-10-31(29-17-15-28(16-18-29)27-8-6-5-7-9-27)37-33-24(2)26-13-11-25(12-14-26)23-34-21-19-30(20-22-34)32(35)36/h10-18,27,30H,3-9,19-23H2,1-2H3,(H,35,36). The third-order valence-electron chi connectivity index (χ3n) is 7.89. The maximum Gasteiger partial charge on any atom is 0.306 e. The van der Waals surface area contributed by atoms with Crippen LogP contribution in [0, 0.1) is 5.92 Å². The van der Waals surface area contributed by atoms with E-state index in [0.29, 0.717) is 5.92 Å². The molecule has 5 heteroatoms. The van der Waals surface area contributed by atoms with Gasteiger partial charge >= 0.3 is 5.97 Å². The first-order valence-corrected chi connectivity index (χ1v) is 14.1. The Labute approximate surface area is 222 Å². The van der Waals surface area contributed by atoms with Crippen molar-refractivity contribution in [3.05, 3.63) is 76.9 Å². The summed E-state index contributed by atoms with van der Waals surface area (Å²) >= 11 is 0. The van der Waals surface area contributed by atoms with Gasteiger partial charge in [-0.3, -0.25) is 9.69 Å². The molecule has 37 heavy (non-hydrogen) atoms. The van der Waals surface area contributed by atoms with Crippen LogP contribution in [-0.4, -0.2) is 34.8 Å². The number of oxime groups is 1.